The van der Waals surface area contributed by atoms with Gasteiger partial charge in [0.05, 0.1) is 21.2 Å². The van der Waals surface area contributed by atoms with Crippen molar-refractivity contribution in [3.8, 4) is 22.5 Å². The number of nitrogens with zero attached hydrogens (tertiary/aromatic N) is 6. The van der Waals surface area contributed by atoms with Gasteiger partial charge in [-0.3, -0.25) is 0 Å². The summed E-state index contributed by atoms with van der Waals surface area (Å²) >= 11 is 12.7. The highest BCUT2D eigenvalue weighted by Crippen LogP contribution is 2.33. The third kappa shape index (κ3) is 9.68. The van der Waals surface area contributed by atoms with Gasteiger partial charge in [0.25, 0.3) is 0 Å². The van der Waals surface area contributed by atoms with Crippen LogP contribution in [0, 0.1) is 41.5 Å². The molecule has 0 saturated carbocycles. The first kappa shape index (κ1) is 44.4. The van der Waals surface area contributed by atoms with Gasteiger partial charge >= 0.3 is 0 Å². The average Bonchev–Trinajstić information content (AvgIpc) is 3.89. The zero-order valence-corrected chi connectivity index (χ0v) is 40.1. The van der Waals surface area contributed by atoms with E-state index in [0.717, 1.165) is 70.6 Å². The maximum absolute atomic E-state index is 13.3. The average molecular weight is 969 g/mol. The topological polar surface area (TPSA) is 107 Å². The fraction of sp³-hybridized carbons (Fsp3) is 0.318. The second kappa shape index (κ2) is 18.4. The largest absolute Gasteiger partial charge is 0.345 e. The third-order valence-corrected chi connectivity index (χ3v) is 17.6. The second-order valence-electron chi connectivity index (χ2n) is 15.3. The summed E-state index contributed by atoms with van der Waals surface area (Å²) in [7, 11) is -7.01. The molecule has 0 N–H and O–H groups in total. The van der Waals surface area contributed by atoms with Crippen LogP contribution in [0.2, 0.25) is 5.02 Å². The lowest BCUT2D eigenvalue weighted by atomic mass is 10.1. The Labute approximate surface area is 375 Å². The predicted molar refractivity (Wildman–Crippen MR) is 251 cm³/mol. The molecular weight excluding hydrogens is 920 g/mol. The van der Waals surface area contributed by atoms with E-state index in [1.165, 1.54) is 0 Å². The number of piperazine rings is 2. The van der Waals surface area contributed by atoms with E-state index >= 15 is 0 Å². The number of hydrogen-bond acceptors (Lipinski definition) is 10. The molecule has 2 aromatic heterocycles. The van der Waals surface area contributed by atoms with Crippen LogP contribution in [-0.4, -0.2) is 87.8 Å². The van der Waals surface area contributed by atoms with E-state index in [1.54, 1.807) is 31.3 Å². The zero-order chi connectivity index (χ0) is 42.9. The van der Waals surface area contributed by atoms with E-state index in [1.807, 2.05) is 114 Å². The van der Waals surface area contributed by atoms with E-state index in [9.17, 15) is 16.8 Å². The maximum Gasteiger partial charge on any atom is 0.243 e. The van der Waals surface area contributed by atoms with Crippen molar-refractivity contribution in [2.75, 3.05) is 62.2 Å². The lowest BCUT2D eigenvalue weighted by molar-refractivity contribution is 0.384. The van der Waals surface area contributed by atoms with E-state index in [-0.39, 0.29) is 0 Å². The molecule has 2 fully saturated rings. The minimum Gasteiger partial charge on any atom is -0.345 e. The standard InChI is InChI=1S/C22H24BrN3O2S2.C22H24ClN3O2S2/c1-15-11-16(2)21(17(3)12-15)30(27,28)26-9-7-25(8-10-26)22-24-20(14-29-22)18-5-4-6-19(23)13-18;1-15-12-16(2)21(17(3)13-15)30(27,28)26-10-8-25(9-11-26)22-24-20(14-29-22)18-4-6-19(23)7-5-18/h4-6,11-14H,7-10H2,1-3H3;4-7,12-14H,8-11H2,1-3H3. The van der Waals surface area contributed by atoms with Crippen molar-refractivity contribution in [2.24, 2.45) is 0 Å². The molecule has 16 heteroatoms. The lowest BCUT2D eigenvalue weighted by Gasteiger charge is -2.34. The molecule has 0 aliphatic carbocycles. The number of hydrogen-bond donors (Lipinski definition) is 0. The van der Waals surface area contributed by atoms with Gasteiger partial charge in [-0.1, -0.05) is 87.2 Å². The summed E-state index contributed by atoms with van der Waals surface area (Å²) in [5.41, 5.74) is 9.34. The highest BCUT2D eigenvalue weighted by molar-refractivity contribution is 9.10. The smallest absolute Gasteiger partial charge is 0.243 e. The number of aryl methyl sites for hydroxylation is 6. The Morgan fingerprint density at radius 2 is 0.950 bits per heavy atom. The van der Waals surface area contributed by atoms with E-state index < -0.39 is 20.0 Å². The molecule has 2 aliphatic heterocycles. The number of thiazole rings is 2. The molecule has 0 unspecified atom stereocenters. The highest BCUT2D eigenvalue weighted by Gasteiger charge is 2.33. The predicted octanol–water partition coefficient (Wildman–Crippen LogP) is 9.91. The van der Waals surface area contributed by atoms with Crippen molar-refractivity contribution in [3.05, 3.63) is 126 Å². The fourth-order valence-corrected chi connectivity index (χ4v) is 14.0. The van der Waals surface area contributed by atoms with Crippen LogP contribution in [0.3, 0.4) is 0 Å². The quantitative estimate of drug-likeness (QED) is 0.149. The molecule has 4 aromatic carbocycles. The lowest BCUT2D eigenvalue weighted by Crippen LogP contribution is -2.48. The van der Waals surface area contributed by atoms with Crippen LogP contribution < -0.4 is 9.80 Å². The molecule has 0 amide bonds. The van der Waals surface area contributed by atoms with Crippen LogP contribution in [0.1, 0.15) is 33.4 Å². The summed E-state index contributed by atoms with van der Waals surface area (Å²) in [6.07, 6.45) is 0. The molecule has 2 saturated heterocycles. The number of sulfonamides is 2. The van der Waals surface area contributed by atoms with Gasteiger partial charge in [0.2, 0.25) is 20.0 Å². The van der Waals surface area contributed by atoms with Gasteiger partial charge in [-0.05, 0) is 88.1 Å². The normalized spacial score (nSPS) is 15.5. The molecule has 0 radical (unpaired) electrons. The Bertz CT molecular complexity index is 2680. The van der Waals surface area contributed by atoms with E-state index in [4.69, 9.17) is 21.6 Å². The summed E-state index contributed by atoms with van der Waals surface area (Å²) in [5.74, 6) is 0. The SMILES string of the molecule is Cc1cc(C)c(S(=O)(=O)N2CCN(c3nc(-c4ccc(Cl)cc4)cs3)CC2)c(C)c1.Cc1cc(C)c(S(=O)(=O)N2CCN(c3nc(-c4cccc(Br)c4)cs3)CC2)c(C)c1. The van der Waals surface area contributed by atoms with Crippen LogP contribution in [0.4, 0.5) is 10.3 Å². The van der Waals surface area contributed by atoms with E-state index in [0.29, 0.717) is 67.2 Å². The van der Waals surface area contributed by atoms with Gasteiger partial charge in [-0.15, -0.1) is 22.7 Å². The Balaban J connectivity index is 0.000000181. The second-order valence-corrected chi connectivity index (χ2v) is 22.1. The van der Waals surface area contributed by atoms with Crippen molar-refractivity contribution in [1.82, 2.24) is 18.6 Å². The van der Waals surface area contributed by atoms with Crippen LogP contribution in [0.25, 0.3) is 22.5 Å². The monoisotopic (exact) mass is 966 g/mol. The van der Waals surface area contributed by atoms with Crippen LogP contribution in [0.5, 0.6) is 0 Å². The molecule has 8 rings (SSSR count). The van der Waals surface area contributed by atoms with Crippen molar-refractivity contribution in [3.63, 3.8) is 0 Å². The number of anilines is 2. The first-order valence-corrected chi connectivity index (χ1v) is 25.4. The molecule has 0 bridgehead atoms. The minimum absolute atomic E-state index is 0.445. The molecule has 60 heavy (non-hydrogen) atoms. The van der Waals surface area contributed by atoms with Gasteiger partial charge in [0, 0.05) is 83.7 Å². The Hall–Kier alpha value is -3.67. The summed E-state index contributed by atoms with van der Waals surface area (Å²) in [6.45, 7) is 15.8. The summed E-state index contributed by atoms with van der Waals surface area (Å²) < 4.78 is 57.4. The highest BCUT2D eigenvalue weighted by atomic mass is 79.9. The molecule has 0 atom stereocenters. The van der Waals surface area contributed by atoms with Crippen molar-refractivity contribution >= 4 is 80.5 Å². The summed E-state index contributed by atoms with van der Waals surface area (Å²) in [5, 5.41) is 6.63. The first-order chi connectivity index (χ1) is 28.5. The summed E-state index contributed by atoms with van der Waals surface area (Å²) in [6, 6.07) is 23.5. The number of benzene rings is 4. The zero-order valence-electron chi connectivity index (χ0n) is 34.4. The first-order valence-electron chi connectivity index (χ1n) is 19.6. The molecular formula is C44H48BrClN6O4S4. The molecule has 316 valence electrons. The molecule has 2 aliphatic rings. The Morgan fingerprint density at radius 3 is 1.35 bits per heavy atom. The van der Waals surface area contributed by atoms with E-state index in [2.05, 4.69) is 37.2 Å². The van der Waals surface area contributed by atoms with Crippen molar-refractivity contribution in [1.29, 1.82) is 0 Å². The third-order valence-electron chi connectivity index (χ3n) is 10.7. The maximum atomic E-state index is 13.3. The Kier molecular flexibility index (Phi) is 13.6. The van der Waals surface area contributed by atoms with Gasteiger partial charge in [0.1, 0.15) is 0 Å². The molecule has 0 spiro atoms. The minimum atomic E-state index is -3.51. The van der Waals surface area contributed by atoms with Crippen molar-refractivity contribution < 1.29 is 16.8 Å². The summed E-state index contributed by atoms with van der Waals surface area (Å²) in [4.78, 5) is 14.8. The number of halogens is 2. The number of rotatable bonds is 8. The Morgan fingerprint density at radius 1 is 0.550 bits per heavy atom. The molecule has 10 nitrogen and oxygen atoms in total. The fourth-order valence-electron chi connectivity index (χ4n) is 8.00. The van der Waals surface area contributed by atoms with Crippen LogP contribution >= 0.6 is 50.2 Å². The van der Waals surface area contributed by atoms with Gasteiger partial charge in [0.15, 0.2) is 10.3 Å². The van der Waals surface area contributed by atoms with Gasteiger partial charge in [-0.2, -0.15) is 8.61 Å². The molecule has 4 heterocycles. The van der Waals surface area contributed by atoms with Crippen LogP contribution in [-0.2, 0) is 20.0 Å². The van der Waals surface area contributed by atoms with Crippen molar-refractivity contribution in [2.45, 2.75) is 51.3 Å². The van der Waals surface area contributed by atoms with Gasteiger partial charge in [-0.25, -0.2) is 26.8 Å². The van der Waals surface area contributed by atoms with Crippen LogP contribution in [0.15, 0.2) is 97.8 Å². The number of aromatic nitrogens is 2. The molecule has 6 aromatic rings. The van der Waals surface area contributed by atoms with Gasteiger partial charge < -0.3 is 9.80 Å².